The Bertz CT molecular complexity index is 131. The van der Waals surface area contributed by atoms with Crippen molar-refractivity contribution in [2.45, 2.75) is 38.6 Å². The van der Waals surface area contributed by atoms with Crippen LogP contribution in [0.15, 0.2) is 0 Å². The van der Waals surface area contributed by atoms with E-state index in [1.165, 1.54) is 21.1 Å². The monoisotopic (exact) mass is 197 g/mol. The average molecular weight is 197 g/mol. The molecular formula is C8H17F2NO2. The first-order valence-electron chi connectivity index (χ1n) is 4.12. The zero-order chi connectivity index (χ0) is 10.4. The molecule has 0 fully saturated rings. The van der Waals surface area contributed by atoms with Gasteiger partial charge in [-0.3, -0.25) is 0 Å². The average Bonchev–Trinajstić information content (AvgIpc) is 2.06. The van der Waals surface area contributed by atoms with Crippen LogP contribution in [0.1, 0.15) is 13.8 Å². The van der Waals surface area contributed by atoms with E-state index in [1.54, 1.807) is 6.92 Å². The summed E-state index contributed by atoms with van der Waals surface area (Å²) in [6.45, 7) is 3.15. The molecule has 80 valence electrons. The summed E-state index contributed by atoms with van der Waals surface area (Å²) < 4.78 is 34.1. The Morgan fingerprint density at radius 3 is 1.77 bits per heavy atom. The van der Waals surface area contributed by atoms with Crippen LogP contribution < -0.4 is 5.32 Å². The number of alkyl halides is 2. The smallest absolute Gasteiger partial charge is 0.253 e. The van der Waals surface area contributed by atoms with Gasteiger partial charge in [0.2, 0.25) is 0 Å². The second kappa shape index (κ2) is 6.23. The van der Waals surface area contributed by atoms with Gasteiger partial charge in [0.25, 0.3) is 6.43 Å². The molecular weight excluding hydrogens is 180 g/mol. The van der Waals surface area contributed by atoms with Gasteiger partial charge < -0.3 is 14.8 Å². The van der Waals surface area contributed by atoms with Gasteiger partial charge >= 0.3 is 0 Å². The van der Waals surface area contributed by atoms with Crippen LogP contribution >= 0.6 is 0 Å². The van der Waals surface area contributed by atoms with E-state index in [0.29, 0.717) is 0 Å². The summed E-state index contributed by atoms with van der Waals surface area (Å²) in [5, 5.41) is 2.68. The highest BCUT2D eigenvalue weighted by Gasteiger charge is 2.21. The van der Waals surface area contributed by atoms with E-state index in [2.05, 4.69) is 5.32 Å². The Morgan fingerprint density at radius 1 is 1.00 bits per heavy atom. The molecule has 3 nitrogen and oxygen atoms in total. The van der Waals surface area contributed by atoms with Crippen LogP contribution in [0.5, 0.6) is 0 Å². The molecule has 0 aliphatic heterocycles. The summed E-state index contributed by atoms with van der Waals surface area (Å²) in [7, 11) is 2.94. The third-order valence-electron chi connectivity index (χ3n) is 1.78. The molecule has 0 aromatic rings. The number of halogens is 2. The molecule has 0 radical (unpaired) electrons. The first kappa shape index (κ1) is 12.7. The van der Waals surface area contributed by atoms with Crippen LogP contribution in [0, 0.1) is 0 Å². The highest BCUT2D eigenvalue weighted by molar-refractivity contribution is 4.71. The second-order valence-corrected chi connectivity index (χ2v) is 2.92. The lowest BCUT2D eigenvalue weighted by molar-refractivity contribution is -0.122. The first-order chi connectivity index (χ1) is 6.02. The normalized spacial score (nSPS) is 16.6. The van der Waals surface area contributed by atoms with Gasteiger partial charge in [0.15, 0.2) is 6.29 Å². The minimum atomic E-state index is -2.38. The molecule has 5 heteroatoms. The van der Waals surface area contributed by atoms with E-state index in [1.807, 2.05) is 0 Å². The molecule has 13 heavy (non-hydrogen) atoms. The number of hydrogen-bond donors (Lipinski definition) is 1. The van der Waals surface area contributed by atoms with Gasteiger partial charge in [0.05, 0.1) is 12.1 Å². The molecule has 1 N–H and O–H groups in total. The van der Waals surface area contributed by atoms with Crippen molar-refractivity contribution in [3.63, 3.8) is 0 Å². The molecule has 0 aromatic carbocycles. The lowest BCUT2D eigenvalue weighted by Crippen LogP contribution is -2.46. The molecule has 2 unspecified atom stereocenters. The summed E-state index contributed by atoms with van der Waals surface area (Å²) >= 11 is 0. The third-order valence-corrected chi connectivity index (χ3v) is 1.78. The standard InChI is InChI=1S/C8H17F2NO2/c1-5(7(9)10)11-6(2)8(12-3)13-4/h5-8,11H,1-4H3. The molecule has 0 heterocycles. The van der Waals surface area contributed by atoms with E-state index in [4.69, 9.17) is 9.47 Å². The van der Waals surface area contributed by atoms with Crippen molar-refractivity contribution < 1.29 is 18.3 Å². The van der Waals surface area contributed by atoms with Crippen molar-refractivity contribution in [1.29, 1.82) is 0 Å². The molecule has 0 amide bonds. The maximum atomic E-state index is 12.1. The van der Waals surface area contributed by atoms with Gasteiger partial charge in [-0.2, -0.15) is 0 Å². The fraction of sp³-hybridized carbons (Fsp3) is 1.00. The number of nitrogens with one attached hydrogen (secondary N) is 1. The molecule has 0 aromatic heterocycles. The summed E-state index contributed by atoms with van der Waals surface area (Å²) in [6, 6.07) is -1.12. The number of hydrogen-bond acceptors (Lipinski definition) is 3. The van der Waals surface area contributed by atoms with E-state index in [9.17, 15) is 8.78 Å². The summed E-state index contributed by atoms with van der Waals surface area (Å²) in [5.74, 6) is 0. The number of ether oxygens (including phenoxy) is 2. The summed E-state index contributed by atoms with van der Waals surface area (Å²) in [6.07, 6.45) is -2.88. The summed E-state index contributed by atoms with van der Waals surface area (Å²) in [4.78, 5) is 0. The Labute approximate surface area is 77.4 Å². The molecule has 0 bridgehead atoms. The number of rotatable bonds is 6. The minimum Gasteiger partial charge on any atom is -0.354 e. The van der Waals surface area contributed by atoms with Gasteiger partial charge in [-0.05, 0) is 13.8 Å². The Morgan fingerprint density at radius 2 is 1.46 bits per heavy atom. The largest absolute Gasteiger partial charge is 0.354 e. The first-order valence-corrected chi connectivity index (χ1v) is 4.12. The van der Waals surface area contributed by atoms with Crippen LogP contribution in [0.3, 0.4) is 0 Å². The molecule has 0 aliphatic carbocycles. The van der Waals surface area contributed by atoms with Crippen molar-refractivity contribution in [3.8, 4) is 0 Å². The molecule has 0 spiro atoms. The van der Waals surface area contributed by atoms with E-state index in [0.717, 1.165) is 0 Å². The SMILES string of the molecule is COC(OC)C(C)NC(C)C(F)F. The van der Waals surface area contributed by atoms with Gasteiger partial charge in [-0.15, -0.1) is 0 Å². The molecule has 2 atom stereocenters. The van der Waals surface area contributed by atoms with Crippen molar-refractivity contribution in [2.75, 3.05) is 14.2 Å². The maximum absolute atomic E-state index is 12.1. The molecule has 0 aliphatic rings. The van der Waals surface area contributed by atoms with E-state index >= 15 is 0 Å². The molecule has 0 rings (SSSR count). The van der Waals surface area contributed by atoms with Crippen LogP contribution in [0.25, 0.3) is 0 Å². The van der Waals surface area contributed by atoms with Gasteiger partial charge in [-0.25, -0.2) is 8.78 Å². The Kier molecular flexibility index (Phi) is 6.11. The topological polar surface area (TPSA) is 30.5 Å². The van der Waals surface area contributed by atoms with E-state index < -0.39 is 18.8 Å². The lowest BCUT2D eigenvalue weighted by Gasteiger charge is -2.25. The van der Waals surface area contributed by atoms with Crippen molar-refractivity contribution >= 4 is 0 Å². The Hall–Kier alpha value is -0.260. The Balaban J connectivity index is 3.89. The predicted octanol–water partition coefficient (Wildman–Crippen LogP) is 1.24. The second-order valence-electron chi connectivity index (χ2n) is 2.92. The zero-order valence-electron chi connectivity index (χ0n) is 8.38. The van der Waals surface area contributed by atoms with Crippen molar-refractivity contribution in [3.05, 3.63) is 0 Å². The number of methoxy groups -OCH3 is 2. The van der Waals surface area contributed by atoms with Crippen LogP contribution in [0.2, 0.25) is 0 Å². The van der Waals surface area contributed by atoms with Crippen LogP contribution in [-0.2, 0) is 9.47 Å². The van der Waals surface area contributed by atoms with Gasteiger partial charge in [0, 0.05) is 14.2 Å². The fourth-order valence-corrected chi connectivity index (χ4v) is 1.07. The predicted molar refractivity (Wildman–Crippen MR) is 45.9 cm³/mol. The lowest BCUT2D eigenvalue weighted by atomic mass is 10.2. The maximum Gasteiger partial charge on any atom is 0.253 e. The summed E-state index contributed by atoms with van der Waals surface area (Å²) in [5.41, 5.74) is 0. The molecule has 0 saturated carbocycles. The van der Waals surface area contributed by atoms with E-state index in [-0.39, 0.29) is 6.04 Å². The highest BCUT2D eigenvalue weighted by atomic mass is 19.3. The van der Waals surface area contributed by atoms with Crippen LogP contribution in [0.4, 0.5) is 8.78 Å². The van der Waals surface area contributed by atoms with Gasteiger partial charge in [0.1, 0.15) is 0 Å². The van der Waals surface area contributed by atoms with Crippen molar-refractivity contribution in [2.24, 2.45) is 0 Å². The van der Waals surface area contributed by atoms with Crippen molar-refractivity contribution in [1.82, 2.24) is 5.32 Å². The zero-order valence-corrected chi connectivity index (χ0v) is 8.38. The third kappa shape index (κ3) is 4.50. The minimum absolute atomic E-state index is 0.265. The fourth-order valence-electron chi connectivity index (χ4n) is 1.07. The quantitative estimate of drug-likeness (QED) is 0.650. The van der Waals surface area contributed by atoms with Crippen LogP contribution in [-0.4, -0.2) is 39.0 Å². The van der Waals surface area contributed by atoms with Gasteiger partial charge in [-0.1, -0.05) is 0 Å². The molecule has 0 saturated heterocycles. The highest BCUT2D eigenvalue weighted by Crippen LogP contribution is 2.04.